The Balaban J connectivity index is 2.52. The molecular weight excluding hydrogens is 284 g/mol. The highest BCUT2D eigenvalue weighted by Crippen LogP contribution is 2.22. The van der Waals surface area contributed by atoms with Crippen molar-refractivity contribution in [3.8, 4) is 5.75 Å². The SMILES string of the molecule is CCCCCCCNCC(c1ccc(OC)cc1)N(CC)CC. The largest absolute Gasteiger partial charge is 0.497 e. The summed E-state index contributed by atoms with van der Waals surface area (Å²) in [5, 5.41) is 3.67. The minimum absolute atomic E-state index is 0.437. The van der Waals surface area contributed by atoms with Crippen LogP contribution in [-0.4, -0.2) is 38.2 Å². The lowest BCUT2D eigenvalue weighted by Gasteiger charge is -2.30. The maximum atomic E-state index is 5.28. The molecule has 0 radical (unpaired) electrons. The molecule has 0 bridgehead atoms. The highest BCUT2D eigenvalue weighted by molar-refractivity contribution is 5.29. The van der Waals surface area contributed by atoms with Gasteiger partial charge in [-0.1, -0.05) is 58.6 Å². The van der Waals surface area contributed by atoms with E-state index in [0.29, 0.717) is 6.04 Å². The molecule has 1 atom stereocenters. The van der Waals surface area contributed by atoms with Crippen molar-refractivity contribution in [2.24, 2.45) is 0 Å². The van der Waals surface area contributed by atoms with E-state index in [-0.39, 0.29) is 0 Å². The van der Waals surface area contributed by atoms with Crippen molar-refractivity contribution in [1.82, 2.24) is 10.2 Å². The van der Waals surface area contributed by atoms with Crippen molar-refractivity contribution < 1.29 is 4.74 Å². The molecule has 0 amide bonds. The maximum absolute atomic E-state index is 5.28. The maximum Gasteiger partial charge on any atom is 0.118 e. The number of nitrogens with one attached hydrogen (secondary N) is 1. The Hall–Kier alpha value is -1.06. The van der Waals surface area contributed by atoms with Gasteiger partial charge in [-0.05, 0) is 43.8 Å². The molecule has 0 saturated heterocycles. The number of methoxy groups -OCH3 is 1. The number of rotatable bonds is 13. The molecule has 132 valence electrons. The van der Waals surface area contributed by atoms with E-state index in [1.807, 2.05) is 0 Å². The Kier molecular flexibility index (Phi) is 10.8. The zero-order chi connectivity index (χ0) is 16.9. The van der Waals surface area contributed by atoms with E-state index in [1.165, 1.54) is 37.7 Å². The summed E-state index contributed by atoms with van der Waals surface area (Å²) in [5.74, 6) is 0.927. The van der Waals surface area contributed by atoms with Gasteiger partial charge in [0, 0.05) is 12.6 Å². The molecule has 0 aliphatic rings. The summed E-state index contributed by atoms with van der Waals surface area (Å²) < 4.78 is 5.28. The van der Waals surface area contributed by atoms with Gasteiger partial charge in [0.2, 0.25) is 0 Å². The van der Waals surface area contributed by atoms with Crippen LogP contribution in [0.2, 0.25) is 0 Å². The zero-order valence-corrected chi connectivity index (χ0v) is 15.6. The van der Waals surface area contributed by atoms with Crippen LogP contribution in [-0.2, 0) is 0 Å². The molecule has 0 fully saturated rings. The first-order chi connectivity index (χ1) is 11.3. The summed E-state index contributed by atoms with van der Waals surface area (Å²) in [6, 6.07) is 8.97. The smallest absolute Gasteiger partial charge is 0.118 e. The molecule has 3 heteroatoms. The van der Waals surface area contributed by atoms with Crippen molar-refractivity contribution in [2.45, 2.75) is 58.9 Å². The Labute approximate surface area is 143 Å². The third kappa shape index (κ3) is 7.36. The van der Waals surface area contributed by atoms with E-state index < -0.39 is 0 Å². The van der Waals surface area contributed by atoms with E-state index in [0.717, 1.165) is 31.9 Å². The van der Waals surface area contributed by atoms with Gasteiger partial charge in [-0.2, -0.15) is 0 Å². The second-order valence-corrected chi connectivity index (χ2v) is 6.13. The lowest BCUT2D eigenvalue weighted by molar-refractivity contribution is 0.213. The molecule has 0 saturated carbocycles. The van der Waals surface area contributed by atoms with Gasteiger partial charge in [0.05, 0.1) is 7.11 Å². The number of hydrogen-bond acceptors (Lipinski definition) is 3. The number of ether oxygens (including phenoxy) is 1. The number of benzene rings is 1. The fourth-order valence-electron chi connectivity index (χ4n) is 3.04. The van der Waals surface area contributed by atoms with Crippen molar-refractivity contribution in [3.63, 3.8) is 0 Å². The molecule has 0 aliphatic carbocycles. The van der Waals surface area contributed by atoms with E-state index in [2.05, 4.69) is 55.3 Å². The van der Waals surface area contributed by atoms with Gasteiger partial charge in [-0.25, -0.2) is 0 Å². The van der Waals surface area contributed by atoms with Crippen molar-refractivity contribution in [3.05, 3.63) is 29.8 Å². The first-order valence-electron chi connectivity index (χ1n) is 9.35. The Bertz CT molecular complexity index is 387. The molecule has 1 aromatic carbocycles. The fraction of sp³-hybridized carbons (Fsp3) is 0.700. The second-order valence-electron chi connectivity index (χ2n) is 6.13. The predicted molar refractivity (Wildman–Crippen MR) is 100 cm³/mol. The number of unbranched alkanes of at least 4 members (excludes halogenated alkanes) is 4. The van der Waals surface area contributed by atoms with Crippen LogP contribution in [0.25, 0.3) is 0 Å². The number of hydrogen-bond donors (Lipinski definition) is 1. The number of nitrogens with zero attached hydrogens (tertiary/aromatic N) is 1. The highest BCUT2D eigenvalue weighted by atomic mass is 16.5. The van der Waals surface area contributed by atoms with Crippen LogP contribution in [0.3, 0.4) is 0 Å². The lowest BCUT2D eigenvalue weighted by Crippen LogP contribution is -2.36. The van der Waals surface area contributed by atoms with Crippen LogP contribution in [0.15, 0.2) is 24.3 Å². The third-order valence-electron chi connectivity index (χ3n) is 4.55. The van der Waals surface area contributed by atoms with Gasteiger partial charge in [-0.15, -0.1) is 0 Å². The van der Waals surface area contributed by atoms with Crippen molar-refractivity contribution >= 4 is 0 Å². The molecule has 0 heterocycles. The average molecular weight is 321 g/mol. The quantitative estimate of drug-likeness (QED) is 0.536. The van der Waals surface area contributed by atoms with E-state index >= 15 is 0 Å². The Morgan fingerprint density at radius 3 is 2.17 bits per heavy atom. The topological polar surface area (TPSA) is 24.5 Å². The lowest BCUT2D eigenvalue weighted by atomic mass is 10.0. The molecule has 0 aromatic heterocycles. The van der Waals surface area contributed by atoms with Gasteiger partial charge in [0.1, 0.15) is 5.75 Å². The summed E-state index contributed by atoms with van der Waals surface area (Å²) in [5.41, 5.74) is 1.37. The fourth-order valence-corrected chi connectivity index (χ4v) is 3.04. The third-order valence-corrected chi connectivity index (χ3v) is 4.55. The van der Waals surface area contributed by atoms with Gasteiger partial charge in [-0.3, -0.25) is 4.90 Å². The van der Waals surface area contributed by atoms with Crippen LogP contribution < -0.4 is 10.1 Å². The molecule has 1 unspecified atom stereocenters. The van der Waals surface area contributed by atoms with Crippen molar-refractivity contribution in [2.75, 3.05) is 33.3 Å². The summed E-state index contributed by atoms with van der Waals surface area (Å²) in [6.45, 7) is 11.0. The highest BCUT2D eigenvalue weighted by Gasteiger charge is 2.17. The van der Waals surface area contributed by atoms with Crippen LogP contribution in [0, 0.1) is 0 Å². The molecule has 1 N–H and O–H groups in total. The second kappa shape index (κ2) is 12.4. The molecule has 1 aromatic rings. The van der Waals surface area contributed by atoms with Crippen LogP contribution in [0.5, 0.6) is 5.75 Å². The summed E-state index contributed by atoms with van der Waals surface area (Å²) in [7, 11) is 1.72. The summed E-state index contributed by atoms with van der Waals surface area (Å²) >= 11 is 0. The average Bonchev–Trinajstić information content (AvgIpc) is 2.60. The molecular formula is C20H36N2O. The summed E-state index contributed by atoms with van der Waals surface area (Å²) in [6.07, 6.45) is 6.69. The normalized spacial score (nSPS) is 12.6. The predicted octanol–water partition coefficient (Wildman–Crippen LogP) is 4.64. The zero-order valence-electron chi connectivity index (χ0n) is 15.6. The van der Waals surface area contributed by atoms with Gasteiger partial charge < -0.3 is 10.1 Å². The minimum atomic E-state index is 0.437. The molecule has 0 aliphatic heterocycles. The van der Waals surface area contributed by atoms with Gasteiger partial charge >= 0.3 is 0 Å². The molecule has 3 nitrogen and oxygen atoms in total. The first-order valence-corrected chi connectivity index (χ1v) is 9.35. The number of likely N-dealkylation sites (N-methyl/N-ethyl adjacent to an activating group) is 1. The molecule has 1 rings (SSSR count). The monoisotopic (exact) mass is 320 g/mol. The van der Waals surface area contributed by atoms with Crippen LogP contribution >= 0.6 is 0 Å². The Morgan fingerprint density at radius 2 is 1.61 bits per heavy atom. The molecule has 23 heavy (non-hydrogen) atoms. The van der Waals surface area contributed by atoms with Crippen molar-refractivity contribution in [1.29, 1.82) is 0 Å². The first kappa shape index (κ1) is 20.0. The van der Waals surface area contributed by atoms with Gasteiger partial charge in [0.15, 0.2) is 0 Å². The van der Waals surface area contributed by atoms with Crippen LogP contribution in [0.1, 0.15) is 64.5 Å². The van der Waals surface area contributed by atoms with E-state index in [4.69, 9.17) is 4.74 Å². The Morgan fingerprint density at radius 1 is 0.957 bits per heavy atom. The minimum Gasteiger partial charge on any atom is -0.497 e. The van der Waals surface area contributed by atoms with E-state index in [1.54, 1.807) is 7.11 Å². The van der Waals surface area contributed by atoms with E-state index in [9.17, 15) is 0 Å². The van der Waals surface area contributed by atoms with Crippen LogP contribution in [0.4, 0.5) is 0 Å². The van der Waals surface area contributed by atoms with Gasteiger partial charge in [0.25, 0.3) is 0 Å². The molecule has 0 spiro atoms. The standard InChI is InChI=1S/C20H36N2O/c1-5-8-9-10-11-16-21-17-20(22(6-2)7-3)18-12-14-19(23-4)15-13-18/h12-15,20-21H,5-11,16-17H2,1-4H3. The summed E-state index contributed by atoms with van der Waals surface area (Å²) in [4.78, 5) is 2.52.